The first-order valence-corrected chi connectivity index (χ1v) is 4.69. The smallest absolute Gasteiger partial charge is 0.237 e. The Morgan fingerprint density at radius 1 is 1.86 bits per heavy atom. The van der Waals surface area contributed by atoms with E-state index in [0.29, 0.717) is 12.3 Å². The topological polar surface area (TPSA) is 67.2 Å². The first kappa shape index (κ1) is 9.21. The van der Waals surface area contributed by atoms with Gasteiger partial charge in [-0.15, -0.1) is 0 Å². The average Bonchev–Trinajstić information content (AvgIpc) is 2.45. The van der Waals surface area contributed by atoms with E-state index in [1.54, 1.807) is 0 Å². The van der Waals surface area contributed by atoms with Crippen molar-refractivity contribution in [3.05, 3.63) is 17.5 Å². The van der Waals surface area contributed by atoms with Gasteiger partial charge in [0.2, 0.25) is 5.91 Å². The number of nitrogens with zero attached hydrogens (tertiary/aromatic N) is 1. The van der Waals surface area contributed by atoms with Crippen molar-refractivity contribution >= 4 is 5.91 Å². The summed E-state index contributed by atoms with van der Waals surface area (Å²) >= 11 is 0. The minimum absolute atomic E-state index is 0.0148. The molecule has 1 saturated heterocycles. The SMILES string of the molecule is Cc1cc(CNC(=O)C2CCN2)on1. The molecule has 5 nitrogen and oxygen atoms in total. The van der Waals surface area contributed by atoms with Crippen molar-refractivity contribution < 1.29 is 9.32 Å². The molecule has 0 aromatic carbocycles. The normalized spacial score (nSPS) is 20.2. The summed E-state index contributed by atoms with van der Waals surface area (Å²) in [6.45, 7) is 3.19. The van der Waals surface area contributed by atoms with E-state index in [4.69, 9.17) is 4.52 Å². The standard InChI is InChI=1S/C9H13N3O2/c1-6-4-7(14-12-6)5-11-9(13)8-2-3-10-8/h4,8,10H,2-3,5H2,1H3,(H,11,13). The van der Waals surface area contributed by atoms with E-state index in [-0.39, 0.29) is 11.9 Å². The summed E-state index contributed by atoms with van der Waals surface area (Å²) in [5.74, 6) is 0.723. The van der Waals surface area contributed by atoms with Crippen LogP contribution < -0.4 is 10.6 Å². The number of nitrogens with one attached hydrogen (secondary N) is 2. The van der Waals surface area contributed by atoms with E-state index in [1.807, 2.05) is 13.0 Å². The molecule has 0 aliphatic carbocycles. The maximum Gasteiger partial charge on any atom is 0.237 e. The Hall–Kier alpha value is -1.36. The summed E-state index contributed by atoms with van der Waals surface area (Å²) in [5, 5.41) is 9.54. The highest BCUT2D eigenvalue weighted by molar-refractivity contribution is 5.82. The summed E-state index contributed by atoms with van der Waals surface area (Å²) in [6.07, 6.45) is 0.918. The molecular weight excluding hydrogens is 182 g/mol. The maximum absolute atomic E-state index is 11.4. The third kappa shape index (κ3) is 1.93. The van der Waals surface area contributed by atoms with Gasteiger partial charge in [-0.3, -0.25) is 4.79 Å². The molecule has 1 aromatic heterocycles. The second-order valence-corrected chi connectivity index (χ2v) is 3.45. The third-order valence-corrected chi connectivity index (χ3v) is 2.25. The Morgan fingerprint density at radius 3 is 3.14 bits per heavy atom. The summed E-state index contributed by atoms with van der Waals surface area (Å²) in [7, 11) is 0. The molecular formula is C9H13N3O2. The van der Waals surface area contributed by atoms with Crippen LogP contribution in [0.4, 0.5) is 0 Å². The van der Waals surface area contributed by atoms with Crippen molar-refractivity contribution in [3.8, 4) is 0 Å². The largest absolute Gasteiger partial charge is 0.359 e. The molecule has 14 heavy (non-hydrogen) atoms. The fourth-order valence-corrected chi connectivity index (χ4v) is 1.31. The lowest BCUT2D eigenvalue weighted by molar-refractivity contribution is -0.124. The summed E-state index contributed by atoms with van der Waals surface area (Å²) in [5.41, 5.74) is 0.830. The van der Waals surface area contributed by atoms with Crippen LogP contribution in [0.2, 0.25) is 0 Å². The van der Waals surface area contributed by atoms with Crippen molar-refractivity contribution in [2.24, 2.45) is 0 Å². The molecule has 5 heteroatoms. The van der Waals surface area contributed by atoms with E-state index in [1.165, 1.54) is 0 Å². The second kappa shape index (κ2) is 3.79. The van der Waals surface area contributed by atoms with Crippen LogP contribution >= 0.6 is 0 Å². The quantitative estimate of drug-likeness (QED) is 0.710. The summed E-state index contributed by atoms with van der Waals surface area (Å²) in [6, 6.07) is 1.80. The lowest BCUT2D eigenvalue weighted by atomic mass is 10.1. The van der Waals surface area contributed by atoms with Gasteiger partial charge in [0.15, 0.2) is 5.76 Å². The Bertz CT molecular complexity index is 331. The molecule has 1 unspecified atom stereocenters. The monoisotopic (exact) mass is 195 g/mol. The summed E-state index contributed by atoms with van der Waals surface area (Å²) in [4.78, 5) is 11.4. The van der Waals surface area contributed by atoms with Crippen LogP contribution in [0.15, 0.2) is 10.6 Å². The van der Waals surface area contributed by atoms with Gasteiger partial charge in [0.1, 0.15) is 0 Å². The second-order valence-electron chi connectivity index (χ2n) is 3.45. The van der Waals surface area contributed by atoms with Crippen molar-refractivity contribution in [1.82, 2.24) is 15.8 Å². The van der Waals surface area contributed by atoms with Gasteiger partial charge in [0, 0.05) is 6.07 Å². The number of amides is 1. The molecule has 0 saturated carbocycles. The first-order valence-electron chi connectivity index (χ1n) is 4.69. The predicted molar refractivity (Wildman–Crippen MR) is 49.5 cm³/mol. The number of aryl methyl sites for hydroxylation is 1. The van der Waals surface area contributed by atoms with Gasteiger partial charge in [0.25, 0.3) is 0 Å². The Kier molecular flexibility index (Phi) is 2.49. The van der Waals surface area contributed by atoms with Crippen molar-refractivity contribution in [1.29, 1.82) is 0 Å². The molecule has 0 spiro atoms. The molecule has 1 amide bonds. The molecule has 2 heterocycles. The number of hydrogen-bond donors (Lipinski definition) is 2. The van der Waals surface area contributed by atoms with E-state index in [9.17, 15) is 4.79 Å². The zero-order valence-electron chi connectivity index (χ0n) is 8.04. The van der Waals surface area contributed by atoms with E-state index >= 15 is 0 Å². The Labute approximate surface area is 81.8 Å². The van der Waals surface area contributed by atoms with E-state index in [2.05, 4.69) is 15.8 Å². The lowest BCUT2D eigenvalue weighted by Crippen LogP contribution is -2.52. The molecule has 1 aromatic rings. The van der Waals surface area contributed by atoms with Crippen LogP contribution in [-0.2, 0) is 11.3 Å². The van der Waals surface area contributed by atoms with Crippen LogP contribution in [0, 0.1) is 6.92 Å². The van der Waals surface area contributed by atoms with E-state index in [0.717, 1.165) is 18.7 Å². The fourth-order valence-electron chi connectivity index (χ4n) is 1.31. The molecule has 0 bridgehead atoms. The van der Waals surface area contributed by atoms with Gasteiger partial charge in [-0.1, -0.05) is 5.16 Å². The number of aromatic nitrogens is 1. The molecule has 1 fully saturated rings. The number of hydrogen-bond acceptors (Lipinski definition) is 4. The van der Waals surface area contributed by atoms with Crippen LogP contribution in [0.5, 0.6) is 0 Å². The zero-order valence-corrected chi connectivity index (χ0v) is 8.04. The Balaban J connectivity index is 1.79. The summed E-state index contributed by atoms with van der Waals surface area (Å²) < 4.78 is 4.96. The highest BCUT2D eigenvalue weighted by atomic mass is 16.5. The van der Waals surface area contributed by atoms with Crippen LogP contribution in [0.1, 0.15) is 17.9 Å². The average molecular weight is 195 g/mol. The number of rotatable bonds is 3. The molecule has 76 valence electrons. The van der Waals surface area contributed by atoms with Gasteiger partial charge < -0.3 is 15.2 Å². The van der Waals surface area contributed by atoms with Crippen LogP contribution in [-0.4, -0.2) is 23.7 Å². The Morgan fingerprint density at radius 2 is 2.64 bits per heavy atom. The van der Waals surface area contributed by atoms with Gasteiger partial charge in [0.05, 0.1) is 18.3 Å². The van der Waals surface area contributed by atoms with Crippen molar-refractivity contribution in [2.75, 3.05) is 6.54 Å². The molecule has 2 N–H and O–H groups in total. The van der Waals surface area contributed by atoms with E-state index < -0.39 is 0 Å². The number of carbonyl (C=O) groups excluding carboxylic acids is 1. The van der Waals surface area contributed by atoms with Crippen molar-refractivity contribution in [2.45, 2.75) is 25.9 Å². The van der Waals surface area contributed by atoms with Gasteiger partial charge >= 0.3 is 0 Å². The number of carbonyl (C=O) groups is 1. The van der Waals surface area contributed by atoms with Gasteiger partial charge in [-0.2, -0.15) is 0 Å². The van der Waals surface area contributed by atoms with Crippen molar-refractivity contribution in [3.63, 3.8) is 0 Å². The van der Waals surface area contributed by atoms with Crippen LogP contribution in [0.3, 0.4) is 0 Å². The molecule has 1 aliphatic rings. The first-order chi connectivity index (χ1) is 6.75. The predicted octanol–water partition coefficient (Wildman–Crippen LogP) is -0.0389. The highest BCUT2D eigenvalue weighted by Gasteiger charge is 2.24. The zero-order chi connectivity index (χ0) is 9.97. The third-order valence-electron chi connectivity index (χ3n) is 2.25. The lowest BCUT2D eigenvalue weighted by Gasteiger charge is -2.25. The fraction of sp³-hybridized carbons (Fsp3) is 0.556. The highest BCUT2D eigenvalue weighted by Crippen LogP contribution is 2.04. The molecule has 1 aliphatic heterocycles. The maximum atomic E-state index is 11.4. The van der Waals surface area contributed by atoms with Gasteiger partial charge in [-0.25, -0.2) is 0 Å². The van der Waals surface area contributed by atoms with Gasteiger partial charge in [-0.05, 0) is 19.9 Å². The molecule has 0 radical (unpaired) electrons. The molecule has 1 atom stereocenters. The van der Waals surface area contributed by atoms with Crippen LogP contribution in [0.25, 0.3) is 0 Å². The molecule has 2 rings (SSSR count). The minimum Gasteiger partial charge on any atom is -0.359 e. The minimum atomic E-state index is -0.0148.